The number of esters is 2. The van der Waals surface area contributed by atoms with Crippen molar-refractivity contribution in [2.75, 3.05) is 4.43 Å². The van der Waals surface area contributed by atoms with Crippen molar-refractivity contribution < 1.29 is 28.9 Å². The van der Waals surface area contributed by atoms with Gasteiger partial charge in [0.05, 0.1) is 0 Å². The number of carbonyl (C=O) groups is 2. The van der Waals surface area contributed by atoms with Crippen molar-refractivity contribution in [3.05, 3.63) is 0 Å². The van der Waals surface area contributed by atoms with Gasteiger partial charge in [0.25, 0.3) is 0 Å². The largest absolute Gasteiger partial charge is 0.456 e. The maximum atomic E-state index is 10.9. The van der Waals surface area contributed by atoms with Crippen molar-refractivity contribution in [2.45, 2.75) is 38.4 Å². The van der Waals surface area contributed by atoms with Gasteiger partial charge in [-0.1, -0.05) is 22.6 Å². The summed E-state index contributed by atoms with van der Waals surface area (Å²) < 4.78 is 15.5. The van der Waals surface area contributed by atoms with Crippen LogP contribution in [0.1, 0.15) is 13.8 Å². The predicted octanol–water partition coefficient (Wildman–Crippen LogP) is 0.00200. The van der Waals surface area contributed by atoms with Crippen molar-refractivity contribution in [1.82, 2.24) is 0 Å². The molecule has 0 spiro atoms. The Morgan fingerprint density at radius 1 is 1.25 bits per heavy atom. The van der Waals surface area contributed by atoms with Crippen LogP contribution in [0.25, 0.3) is 0 Å². The number of aliphatic hydroxyl groups excluding tert-OH is 1. The normalized spacial score (nSPS) is 33.5. The van der Waals surface area contributed by atoms with Gasteiger partial charge in [0.15, 0.2) is 18.5 Å². The molecule has 1 aliphatic heterocycles. The molecular weight excluding hydrogens is 331 g/mol. The number of carbonyl (C=O) groups excluding carboxylic acids is 2. The predicted molar refractivity (Wildman–Crippen MR) is 60.9 cm³/mol. The fraction of sp³-hybridized carbons (Fsp3) is 0.778. The first-order chi connectivity index (χ1) is 7.45. The molecule has 1 saturated heterocycles. The van der Waals surface area contributed by atoms with Crippen molar-refractivity contribution in [1.29, 1.82) is 0 Å². The molecule has 6 nitrogen and oxygen atoms in total. The maximum absolute atomic E-state index is 10.9. The topological polar surface area (TPSA) is 82.1 Å². The van der Waals surface area contributed by atoms with Gasteiger partial charge in [0.1, 0.15) is 6.10 Å². The lowest BCUT2D eigenvalue weighted by molar-refractivity contribution is -0.174. The van der Waals surface area contributed by atoms with E-state index in [1.165, 1.54) is 13.8 Å². The van der Waals surface area contributed by atoms with Gasteiger partial charge in [-0.05, 0) is 0 Å². The zero-order valence-corrected chi connectivity index (χ0v) is 11.0. The molecule has 0 radical (unpaired) electrons. The van der Waals surface area contributed by atoms with E-state index in [0.29, 0.717) is 4.43 Å². The van der Waals surface area contributed by atoms with E-state index in [-0.39, 0.29) is 0 Å². The van der Waals surface area contributed by atoms with Gasteiger partial charge in [-0.25, -0.2) is 0 Å². The van der Waals surface area contributed by atoms with Gasteiger partial charge in [0, 0.05) is 18.3 Å². The van der Waals surface area contributed by atoms with Crippen molar-refractivity contribution in [3.63, 3.8) is 0 Å². The highest BCUT2D eigenvalue weighted by atomic mass is 127. The van der Waals surface area contributed by atoms with Crippen LogP contribution in [0.4, 0.5) is 0 Å². The lowest BCUT2D eigenvalue weighted by Crippen LogP contribution is -2.40. The number of aliphatic hydroxyl groups is 1. The van der Waals surface area contributed by atoms with Crippen molar-refractivity contribution in [3.8, 4) is 0 Å². The number of hydrogen-bond donors (Lipinski definition) is 1. The molecule has 0 aromatic rings. The molecule has 1 fully saturated rings. The number of alkyl halides is 1. The van der Waals surface area contributed by atoms with Gasteiger partial charge < -0.3 is 19.3 Å². The lowest BCUT2D eigenvalue weighted by atomic mass is 10.1. The van der Waals surface area contributed by atoms with E-state index in [4.69, 9.17) is 14.2 Å². The number of ether oxygens (including phenoxy) is 3. The van der Waals surface area contributed by atoms with Crippen LogP contribution in [0.2, 0.25) is 0 Å². The van der Waals surface area contributed by atoms with Crippen LogP contribution in [0.15, 0.2) is 0 Å². The van der Waals surface area contributed by atoms with E-state index in [1.54, 1.807) is 0 Å². The third kappa shape index (κ3) is 3.29. The highest BCUT2D eigenvalue weighted by Gasteiger charge is 2.47. The first-order valence-electron chi connectivity index (χ1n) is 4.69. The second kappa shape index (κ2) is 5.78. The zero-order chi connectivity index (χ0) is 12.3. The Morgan fingerprint density at radius 2 is 1.75 bits per heavy atom. The molecule has 4 atom stereocenters. The molecule has 1 heterocycles. The minimum Gasteiger partial charge on any atom is -0.456 e. The van der Waals surface area contributed by atoms with Gasteiger partial charge >= 0.3 is 11.9 Å². The third-order valence-electron chi connectivity index (χ3n) is 2.04. The van der Waals surface area contributed by atoms with E-state index in [1.807, 2.05) is 22.6 Å². The molecule has 0 saturated carbocycles. The molecule has 16 heavy (non-hydrogen) atoms. The van der Waals surface area contributed by atoms with Crippen molar-refractivity contribution in [2.24, 2.45) is 0 Å². The first-order valence-corrected chi connectivity index (χ1v) is 6.22. The van der Waals surface area contributed by atoms with Gasteiger partial charge in [-0.3, -0.25) is 9.59 Å². The summed E-state index contributed by atoms with van der Waals surface area (Å²) in [6, 6.07) is 0. The molecule has 0 amide bonds. The van der Waals surface area contributed by atoms with E-state index in [0.717, 1.165) is 0 Å². The fourth-order valence-corrected chi connectivity index (χ4v) is 2.19. The van der Waals surface area contributed by atoms with E-state index >= 15 is 0 Å². The molecule has 7 heteroatoms. The van der Waals surface area contributed by atoms with Crippen LogP contribution in [0.3, 0.4) is 0 Å². The lowest BCUT2D eigenvalue weighted by Gasteiger charge is -2.21. The summed E-state index contributed by atoms with van der Waals surface area (Å²) in [6.07, 6.45) is -3.44. The molecule has 1 rings (SSSR count). The summed E-state index contributed by atoms with van der Waals surface area (Å²) in [7, 11) is 0. The number of rotatable bonds is 3. The molecular formula is C9H13IO6. The van der Waals surface area contributed by atoms with E-state index in [9.17, 15) is 14.7 Å². The molecule has 1 N–H and O–H groups in total. The van der Waals surface area contributed by atoms with Crippen LogP contribution < -0.4 is 0 Å². The smallest absolute Gasteiger partial charge is 0.303 e. The Balaban J connectivity index is 2.76. The minimum absolute atomic E-state index is 0.469. The standard InChI is InChI=1S/C9H13IO6/c1-4(11)14-7-6(3-10)16-9(13)8(7)15-5(2)12/h6-9,13H,3H2,1-2H3/t6-,7-,8-,9+/m1/s1. The summed E-state index contributed by atoms with van der Waals surface area (Å²) in [5, 5.41) is 9.53. The molecule has 0 aromatic heterocycles. The summed E-state index contributed by atoms with van der Waals surface area (Å²) in [4.78, 5) is 21.7. The first kappa shape index (κ1) is 13.7. The molecule has 1 aliphatic rings. The average molecular weight is 344 g/mol. The summed E-state index contributed by atoms with van der Waals surface area (Å²) >= 11 is 2.04. The molecule has 92 valence electrons. The van der Waals surface area contributed by atoms with Gasteiger partial charge in [0.2, 0.25) is 0 Å². The Labute approximate surface area is 106 Å². The minimum atomic E-state index is -1.26. The Morgan fingerprint density at radius 3 is 2.19 bits per heavy atom. The zero-order valence-electron chi connectivity index (χ0n) is 8.88. The van der Waals surface area contributed by atoms with E-state index < -0.39 is 36.5 Å². The fourth-order valence-electron chi connectivity index (χ4n) is 1.48. The van der Waals surface area contributed by atoms with Crippen LogP contribution in [-0.2, 0) is 23.8 Å². The quantitative estimate of drug-likeness (QED) is 0.441. The monoisotopic (exact) mass is 344 g/mol. The number of halogens is 1. The highest BCUT2D eigenvalue weighted by molar-refractivity contribution is 14.1. The highest BCUT2D eigenvalue weighted by Crippen LogP contribution is 2.26. The van der Waals surface area contributed by atoms with Crippen LogP contribution in [-0.4, -0.2) is 46.1 Å². The van der Waals surface area contributed by atoms with E-state index in [2.05, 4.69) is 0 Å². The maximum Gasteiger partial charge on any atom is 0.303 e. The van der Waals surface area contributed by atoms with Crippen LogP contribution >= 0.6 is 22.6 Å². The molecule has 0 unspecified atom stereocenters. The number of hydrogen-bond acceptors (Lipinski definition) is 6. The average Bonchev–Trinajstić information content (AvgIpc) is 2.44. The molecule has 0 aliphatic carbocycles. The Bertz CT molecular complexity index is 281. The Hall–Kier alpha value is -0.410. The van der Waals surface area contributed by atoms with Gasteiger partial charge in [-0.15, -0.1) is 0 Å². The van der Waals surface area contributed by atoms with Crippen LogP contribution in [0.5, 0.6) is 0 Å². The summed E-state index contributed by atoms with van der Waals surface area (Å²) in [5.41, 5.74) is 0. The van der Waals surface area contributed by atoms with Crippen LogP contribution in [0, 0.1) is 0 Å². The van der Waals surface area contributed by atoms with Gasteiger partial charge in [-0.2, -0.15) is 0 Å². The second-order valence-electron chi connectivity index (χ2n) is 3.37. The molecule has 0 bridgehead atoms. The van der Waals surface area contributed by atoms with Crippen molar-refractivity contribution >= 4 is 34.5 Å². The molecule has 0 aromatic carbocycles. The Kier molecular flexibility index (Phi) is 4.93. The SMILES string of the molecule is CC(=O)O[C@@H]1[C@H](OC(C)=O)[C@@H](CI)O[C@@H]1O. The third-order valence-corrected chi connectivity index (χ3v) is 2.91. The summed E-state index contributed by atoms with van der Waals surface area (Å²) in [6.45, 7) is 2.47. The second-order valence-corrected chi connectivity index (χ2v) is 4.25. The summed E-state index contributed by atoms with van der Waals surface area (Å²) in [5.74, 6) is -1.06.